The van der Waals surface area contributed by atoms with Gasteiger partial charge in [-0.05, 0) is 24.3 Å². The Labute approximate surface area is 161 Å². The molecular formula is C20H20FN5O2. The van der Waals surface area contributed by atoms with Crippen LogP contribution in [0.5, 0.6) is 0 Å². The van der Waals surface area contributed by atoms with E-state index in [9.17, 15) is 9.18 Å². The number of amides is 1. The lowest BCUT2D eigenvalue weighted by atomic mass is 10.2. The van der Waals surface area contributed by atoms with Crippen LogP contribution in [-0.4, -0.2) is 52.1 Å². The molecule has 1 aromatic carbocycles. The van der Waals surface area contributed by atoms with Crippen molar-refractivity contribution in [3.63, 3.8) is 0 Å². The van der Waals surface area contributed by atoms with Crippen LogP contribution in [0.4, 0.5) is 10.2 Å². The summed E-state index contributed by atoms with van der Waals surface area (Å²) in [6.07, 6.45) is 2.38. The molecule has 1 saturated heterocycles. The van der Waals surface area contributed by atoms with Gasteiger partial charge < -0.3 is 14.3 Å². The highest BCUT2D eigenvalue weighted by Crippen LogP contribution is 2.20. The number of piperazine rings is 1. The van der Waals surface area contributed by atoms with Crippen LogP contribution in [0.25, 0.3) is 11.4 Å². The quantitative estimate of drug-likeness (QED) is 0.676. The molecule has 2 aromatic heterocycles. The van der Waals surface area contributed by atoms with Crippen molar-refractivity contribution in [1.82, 2.24) is 20.0 Å². The van der Waals surface area contributed by atoms with Crippen LogP contribution in [0, 0.1) is 5.82 Å². The molecule has 144 valence electrons. The second-order valence-electron chi connectivity index (χ2n) is 6.55. The van der Waals surface area contributed by atoms with Gasteiger partial charge in [0.15, 0.2) is 0 Å². The van der Waals surface area contributed by atoms with Crippen LogP contribution in [-0.2, 0) is 11.2 Å². The molecule has 7 nitrogen and oxygen atoms in total. The van der Waals surface area contributed by atoms with Gasteiger partial charge >= 0.3 is 0 Å². The van der Waals surface area contributed by atoms with E-state index in [1.165, 1.54) is 6.07 Å². The number of rotatable bonds is 5. The van der Waals surface area contributed by atoms with Crippen molar-refractivity contribution >= 4 is 11.7 Å². The zero-order valence-corrected chi connectivity index (χ0v) is 15.3. The summed E-state index contributed by atoms with van der Waals surface area (Å²) in [4.78, 5) is 25.1. The van der Waals surface area contributed by atoms with Crippen LogP contribution in [0.15, 0.2) is 53.2 Å². The number of pyridine rings is 1. The van der Waals surface area contributed by atoms with Crippen LogP contribution >= 0.6 is 0 Å². The molecule has 0 unspecified atom stereocenters. The van der Waals surface area contributed by atoms with Crippen LogP contribution in [0.2, 0.25) is 0 Å². The van der Waals surface area contributed by atoms with Crippen molar-refractivity contribution in [3.8, 4) is 11.4 Å². The number of anilines is 1. The monoisotopic (exact) mass is 381 g/mol. The number of carbonyl (C=O) groups excluding carboxylic acids is 1. The molecule has 1 fully saturated rings. The van der Waals surface area contributed by atoms with E-state index >= 15 is 0 Å². The van der Waals surface area contributed by atoms with Crippen molar-refractivity contribution < 1.29 is 13.7 Å². The molecule has 1 aliphatic heterocycles. The van der Waals surface area contributed by atoms with Crippen molar-refractivity contribution in [2.45, 2.75) is 12.8 Å². The summed E-state index contributed by atoms with van der Waals surface area (Å²) in [7, 11) is 0. The zero-order valence-electron chi connectivity index (χ0n) is 15.3. The number of halogens is 1. The van der Waals surface area contributed by atoms with Gasteiger partial charge in [-0.25, -0.2) is 9.37 Å². The molecule has 3 heterocycles. The largest absolute Gasteiger partial charge is 0.353 e. The van der Waals surface area contributed by atoms with Crippen molar-refractivity contribution in [3.05, 3.63) is 60.4 Å². The lowest BCUT2D eigenvalue weighted by molar-refractivity contribution is -0.131. The summed E-state index contributed by atoms with van der Waals surface area (Å²) in [6.45, 7) is 2.81. The number of aromatic nitrogens is 3. The van der Waals surface area contributed by atoms with E-state index in [-0.39, 0.29) is 23.7 Å². The Morgan fingerprint density at radius 2 is 1.86 bits per heavy atom. The van der Waals surface area contributed by atoms with Gasteiger partial charge in [-0.3, -0.25) is 4.79 Å². The van der Waals surface area contributed by atoms with E-state index in [4.69, 9.17) is 4.52 Å². The third-order valence-corrected chi connectivity index (χ3v) is 4.74. The minimum atomic E-state index is -0.406. The molecule has 0 N–H and O–H groups in total. The molecule has 0 spiro atoms. The molecule has 28 heavy (non-hydrogen) atoms. The average molecular weight is 381 g/mol. The molecule has 0 saturated carbocycles. The molecule has 0 bridgehead atoms. The van der Waals surface area contributed by atoms with Crippen molar-refractivity contribution in [2.75, 3.05) is 31.1 Å². The van der Waals surface area contributed by atoms with E-state index in [0.717, 1.165) is 18.9 Å². The fourth-order valence-electron chi connectivity index (χ4n) is 3.21. The Hall–Kier alpha value is -3.29. The number of nitrogens with zero attached hydrogens (tertiary/aromatic N) is 5. The van der Waals surface area contributed by atoms with E-state index in [2.05, 4.69) is 20.0 Å². The standard InChI is InChI=1S/C20H20FN5O2/c21-16-6-2-1-5-15(16)20-23-18(28-24-20)8-9-19(27)26-13-11-25(12-14-26)17-7-3-4-10-22-17/h1-7,10H,8-9,11-14H2. The highest BCUT2D eigenvalue weighted by Gasteiger charge is 2.22. The topological polar surface area (TPSA) is 75.4 Å². The second kappa shape index (κ2) is 8.16. The molecule has 0 radical (unpaired) electrons. The molecule has 0 atom stereocenters. The van der Waals surface area contributed by atoms with Crippen molar-refractivity contribution in [1.29, 1.82) is 0 Å². The van der Waals surface area contributed by atoms with Gasteiger partial charge in [0.05, 0.1) is 5.56 Å². The fourth-order valence-corrected chi connectivity index (χ4v) is 3.21. The smallest absolute Gasteiger partial charge is 0.227 e. The zero-order chi connectivity index (χ0) is 19.3. The Morgan fingerprint density at radius 3 is 2.61 bits per heavy atom. The fraction of sp³-hybridized carbons (Fsp3) is 0.300. The van der Waals surface area contributed by atoms with Crippen molar-refractivity contribution in [2.24, 2.45) is 0 Å². The maximum absolute atomic E-state index is 13.8. The molecule has 8 heteroatoms. The molecule has 0 aliphatic carbocycles. The summed E-state index contributed by atoms with van der Waals surface area (Å²) < 4.78 is 19.0. The maximum Gasteiger partial charge on any atom is 0.227 e. The highest BCUT2D eigenvalue weighted by atomic mass is 19.1. The predicted molar refractivity (Wildman–Crippen MR) is 101 cm³/mol. The maximum atomic E-state index is 13.8. The first-order valence-corrected chi connectivity index (χ1v) is 9.22. The Morgan fingerprint density at radius 1 is 1.07 bits per heavy atom. The molecule has 4 rings (SSSR count). The van der Waals surface area contributed by atoms with Gasteiger partial charge in [-0.15, -0.1) is 0 Å². The van der Waals surface area contributed by atoms with E-state index in [0.29, 0.717) is 25.4 Å². The Bertz CT molecular complexity index is 939. The number of hydrogen-bond donors (Lipinski definition) is 0. The van der Waals surface area contributed by atoms with Gasteiger partial charge in [0.1, 0.15) is 11.6 Å². The van der Waals surface area contributed by atoms with Gasteiger partial charge in [-0.2, -0.15) is 4.98 Å². The summed E-state index contributed by atoms with van der Waals surface area (Å²) >= 11 is 0. The van der Waals surface area contributed by atoms with Gasteiger partial charge in [0.2, 0.25) is 17.6 Å². The number of carbonyl (C=O) groups is 1. The average Bonchev–Trinajstić information content (AvgIpc) is 3.22. The third-order valence-electron chi connectivity index (χ3n) is 4.74. The van der Waals surface area contributed by atoms with E-state index in [1.807, 2.05) is 23.1 Å². The SMILES string of the molecule is O=C(CCc1nc(-c2ccccc2F)no1)N1CCN(c2ccccn2)CC1. The van der Waals surface area contributed by atoms with Crippen LogP contribution in [0.1, 0.15) is 12.3 Å². The minimum absolute atomic E-state index is 0.0475. The lowest BCUT2D eigenvalue weighted by Crippen LogP contribution is -2.49. The summed E-state index contributed by atoms with van der Waals surface area (Å²) in [5.41, 5.74) is 0.287. The normalized spacial score (nSPS) is 14.3. The molecular weight excluding hydrogens is 361 g/mol. The molecule has 1 amide bonds. The van der Waals surface area contributed by atoms with Gasteiger partial charge in [0, 0.05) is 45.2 Å². The first-order chi connectivity index (χ1) is 13.7. The first-order valence-electron chi connectivity index (χ1n) is 9.22. The third kappa shape index (κ3) is 4.00. The van der Waals surface area contributed by atoms with Crippen LogP contribution in [0.3, 0.4) is 0 Å². The second-order valence-corrected chi connectivity index (χ2v) is 6.55. The Kier molecular flexibility index (Phi) is 5.27. The highest BCUT2D eigenvalue weighted by molar-refractivity contribution is 5.76. The molecule has 1 aliphatic rings. The number of hydrogen-bond acceptors (Lipinski definition) is 6. The number of benzene rings is 1. The van der Waals surface area contributed by atoms with Crippen LogP contribution < -0.4 is 4.90 Å². The molecule has 3 aromatic rings. The van der Waals surface area contributed by atoms with Gasteiger partial charge in [0.25, 0.3) is 0 Å². The lowest BCUT2D eigenvalue weighted by Gasteiger charge is -2.35. The number of aryl methyl sites for hydroxylation is 1. The summed E-state index contributed by atoms with van der Waals surface area (Å²) in [6, 6.07) is 12.1. The summed E-state index contributed by atoms with van der Waals surface area (Å²) in [5, 5.41) is 3.82. The van der Waals surface area contributed by atoms with E-state index < -0.39 is 5.82 Å². The minimum Gasteiger partial charge on any atom is -0.353 e. The summed E-state index contributed by atoms with van der Waals surface area (Å²) in [5.74, 6) is 1.10. The van der Waals surface area contributed by atoms with Gasteiger partial charge in [-0.1, -0.05) is 23.4 Å². The predicted octanol–water partition coefficient (Wildman–Crippen LogP) is 2.55. The van der Waals surface area contributed by atoms with E-state index in [1.54, 1.807) is 24.4 Å². The first kappa shape index (κ1) is 18.1. The Balaban J connectivity index is 1.29.